The number of imide groups is 1. The SMILES string of the molecule is CCCNC(COC)CN1C(=O)CCC1=O. The molecule has 0 aromatic heterocycles. The van der Waals surface area contributed by atoms with E-state index in [9.17, 15) is 9.59 Å². The van der Waals surface area contributed by atoms with Crippen molar-refractivity contribution in [3.63, 3.8) is 0 Å². The Labute approximate surface area is 96.1 Å². The second-order valence-corrected chi connectivity index (χ2v) is 4.00. The second-order valence-electron chi connectivity index (χ2n) is 4.00. The summed E-state index contributed by atoms with van der Waals surface area (Å²) in [7, 11) is 1.62. The van der Waals surface area contributed by atoms with E-state index >= 15 is 0 Å². The molecule has 0 aromatic rings. The lowest BCUT2D eigenvalue weighted by Crippen LogP contribution is -2.45. The predicted molar refractivity (Wildman–Crippen MR) is 59.9 cm³/mol. The zero-order chi connectivity index (χ0) is 12.0. The molecule has 1 N–H and O–H groups in total. The summed E-state index contributed by atoms with van der Waals surface area (Å²) in [5.74, 6) is -0.131. The number of likely N-dealkylation sites (tertiary alicyclic amines) is 1. The van der Waals surface area contributed by atoms with Crippen molar-refractivity contribution in [1.82, 2.24) is 10.2 Å². The maximum Gasteiger partial charge on any atom is 0.229 e. The largest absolute Gasteiger partial charge is 0.383 e. The summed E-state index contributed by atoms with van der Waals surface area (Å²) >= 11 is 0. The van der Waals surface area contributed by atoms with Gasteiger partial charge in [-0.15, -0.1) is 0 Å². The zero-order valence-corrected chi connectivity index (χ0v) is 9.99. The van der Waals surface area contributed by atoms with Gasteiger partial charge in [0.15, 0.2) is 0 Å². The molecule has 0 saturated carbocycles. The number of rotatable bonds is 7. The van der Waals surface area contributed by atoms with Gasteiger partial charge in [0.25, 0.3) is 0 Å². The fraction of sp³-hybridized carbons (Fsp3) is 0.818. The van der Waals surface area contributed by atoms with Crippen LogP contribution in [0.15, 0.2) is 0 Å². The Morgan fingerprint density at radius 2 is 2.00 bits per heavy atom. The van der Waals surface area contributed by atoms with Crippen LogP contribution in [0.3, 0.4) is 0 Å². The molecule has 1 heterocycles. The van der Waals surface area contributed by atoms with Crippen LogP contribution in [0, 0.1) is 0 Å². The highest BCUT2D eigenvalue weighted by molar-refractivity contribution is 6.01. The molecule has 5 heteroatoms. The van der Waals surface area contributed by atoms with E-state index in [2.05, 4.69) is 12.2 Å². The first-order chi connectivity index (χ1) is 7.69. The van der Waals surface area contributed by atoms with E-state index in [0.717, 1.165) is 13.0 Å². The van der Waals surface area contributed by atoms with Crippen molar-refractivity contribution in [3.8, 4) is 0 Å². The minimum atomic E-state index is -0.0654. The molecule has 1 unspecified atom stereocenters. The van der Waals surface area contributed by atoms with Crippen LogP contribution in [0.1, 0.15) is 26.2 Å². The van der Waals surface area contributed by atoms with Crippen molar-refractivity contribution >= 4 is 11.8 Å². The Kier molecular flexibility index (Phi) is 5.42. The molecule has 2 amide bonds. The van der Waals surface area contributed by atoms with Crippen LogP contribution in [0.4, 0.5) is 0 Å². The predicted octanol–water partition coefficient (Wildman–Crippen LogP) is 0.150. The quantitative estimate of drug-likeness (QED) is 0.630. The highest BCUT2D eigenvalue weighted by Crippen LogP contribution is 2.11. The molecule has 0 spiro atoms. The summed E-state index contributed by atoms with van der Waals surface area (Å²) < 4.78 is 5.07. The third kappa shape index (κ3) is 3.57. The van der Waals surface area contributed by atoms with Gasteiger partial charge in [-0.1, -0.05) is 6.92 Å². The van der Waals surface area contributed by atoms with Gasteiger partial charge in [-0.3, -0.25) is 14.5 Å². The van der Waals surface area contributed by atoms with Gasteiger partial charge in [-0.25, -0.2) is 0 Å². The van der Waals surface area contributed by atoms with Crippen molar-refractivity contribution < 1.29 is 14.3 Å². The van der Waals surface area contributed by atoms with Crippen molar-refractivity contribution in [1.29, 1.82) is 0 Å². The smallest absolute Gasteiger partial charge is 0.229 e. The van der Waals surface area contributed by atoms with E-state index in [4.69, 9.17) is 4.74 Å². The number of carbonyl (C=O) groups is 2. The maximum atomic E-state index is 11.4. The molecule has 1 fully saturated rings. The highest BCUT2D eigenvalue weighted by atomic mass is 16.5. The van der Waals surface area contributed by atoms with Gasteiger partial charge >= 0.3 is 0 Å². The van der Waals surface area contributed by atoms with E-state index < -0.39 is 0 Å². The van der Waals surface area contributed by atoms with Gasteiger partial charge in [0, 0.05) is 32.5 Å². The zero-order valence-electron chi connectivity index (χ0n) is 9.99. The van der Waals surface area contributed by atoms with Crippen LogP contribution >= 0.6 is 0 Å². The van der Waals surface area contributed by atoms with Crippen LogP contribution in [0.25, 0.3) is 0 Å². The van der Waals surface area contributed by atoms with Gasteiger partial charge in [0.05, 0.1) is 6.61 Å². The first-order valence-corrected chi connectivity index (χ1v) is 5.74. The van der Waals surface area contributed by atoms with E-state index in [1.54, 1.807) is 7.11 Å². The number of hydrogen-bond donors (Lipinski definition) is 1. The average molecular weight is 228 g/mol. The number of methoxy groups -OCH3 is 1. The summed E-state index contributed by atoms with van der Waals surface area (Å²) in [6, 6.07) is 0.0379. The molecule has 0 aromatic carbocycles. The summed E-state index contributed by atoms with van der Waals surface area (Å²) in [5.41, 5.74) is 0. The third-order valence-electron chi connectivity index (χ3n) is 2.61. The first kappa shape index (κ1) is 13.1. The molecule has 1 rings (SSSR count). The van der Waals surface area contributed by atoms with Gasteiger partial charge in [0.2, 0.25) is 11.8 Å². The molecule has 0 bridgehead atoms. The monoisotopic (exact) mass is 228 g/mol. The van der Waals surface area contributed by atoms with Crippen LogP contribution < -0.4 is 5.32 Å². The Morgan fingerprint density at radius 1 is 1.38 bits per heavy atom. The number of amides is 2. The maximum absolute atomic E-state index is 11.4. The minimum Gasteiger partial charge on any atom is -0.383 e. The van der Waals surface area contributed by atoms with Crippen LogP contribution in [-0.4, -0.2) is 49.6 Å². The van der Waals surface area contributed by atoms with E-state index in [-0.39, 0.29) is 17.9 Å². The van der Waals surface area contributed by atoms with Gasteiger partial charge in [-0.05, 0) is 13.0 Å². The summed E-state index contributed by atoms with van der Waals surface area (Å²) in [6.07, 6.45) is 1.72. The van der Waals surface area contributed by atoms with Crippen molar-refractivity contribution in [2.75, 3.05) is 26.8 Å². The van der Waals surface area contributed by atoms with Crippen molar-refractivity contribution in [2.24, 2.45) is 0 Å². The normalized spacial score (nSPS) is 18.2. The lowest BCUT2D eigenvalue weighted by Gasteiger charge is -2.22. The molecule has 0 radical (unpaired) electrons. The number of nitrogens with one attached hydrogen (secondary N) is 1. The standard InChI is InChI=1S/C11H20N2O3/c1-3-6-12-9(8-16-2)7-13-10(14)4-5-11(13)15/h9,12H,3-8H2,1-2H3. The lowest BCUT2D eigenvalue weighted by molar-refractivity contribution is -0.138. The first-order valence-electron chi connectivity index (χ1n) is 5.74. The molecule has 5 nitrogen and oxygen atoms in total. The molecule has 0 aliphatic carbocycles. The molecule has 1 aliphatic heterocycles. The molecule has 1 saturated heterocycles. The number of ether oxygens (including phenoxy) is 1. The average Bonchev–Trinajstić information content (AvgIpc) is 2.57. The summed E-state index contributed by atoms with van der Waals surface area (Å²) in [6.45, 7) is 3.87. The van der Waals surface area contributed by atoms with Crippen LogP contribution in [0.5, 0.6) is 0 Å². The fourth-order valence-corrected chi connectivity index (χ4v) is 1.77. The van der Waals surface area contributed by atoms with Gasteiger partial charge in [0.1, 0.15) is 0 Å². The number of hydrogen-bond acceptors (Lipinski definition) is 4. The second kappa shape index (κ2) is 6.60. The van der Waals surface area contributed by atoms with Gasteiger partial charge < -0.3 is 10.1 Å². The molecule has 1 atom stereocenters. The minimum absolute atomic E-state index is 0.0379. The molecule has 1 aliphatic rings. The molecule has 16 heavy (non-hydrogen) atoms. The summed E-state index contributed by atoms with van der Waals surface area (Å²) in [5, 5.41) is 3.27. The third-order valence-corrected chi connectivity index (χ3v) is 2.61. The summed E-state index contributed by atoms with van der Waals surface area (Å²) in [4.78, 5) is 24.2. The molecule has 92 valence electrons. The van der Waals surface area contributed by atoms with Gasteiger partial charge in [-0.2, -0.15) is 0 Å². The Hall–Kier alpha value is -0.940. The Balaban J connectivity index is 2.46. The van der Waals surface area contributed by atoms with Crippen LogP contribution in [0.2, 0.25) is 0 Å². The molecular formula is C11H20N2O3. The number of nitrogens with zero attached hydrogens (tertiary/aromatic N) is 1. The Bertz CT molecular complexity index is 240. The molecular weight excluding hydrogens is 208 g/mol. The number of carbonyl (C=O) groups excluding carboxylic acids is 2. The van der Waals surface area contributed by atoms with Crippen molar-refractivity contribution in [2.45, 2.75) is 32.2 Å². The van der Waals surface area contributed by atoms with Crippen molar-refractivity contribution in [3.05, 3.63) is 0 Å². The van der Waals surface area contributed by atoms with E-state index in [0.29, 0.717) is 26.0 Å². The van der Waals surface area contributed by atoms with E-state index in [1.165, 1.54) is 4.90 Å². The highest BCUT2D eigenvalue weighted by Gasteiger charge is 2.30. The fourth-order valence-electron chi connectivity index (χ4n) is 1.77. The van der Waals surface area contributed by atoms with Crippen LogP contribution in [-0.2, 0) is 14.3 Å². The topological polar surface area (TPSA) is 58.6 Å². The lowest BCUT2D eigenvalue weighted by atomic mass is 10.2. The Morgan fingerprint density at radius 3 is 2.50 bits per heavy atom. The van der Waals surface area contributed by atoms with E-state index in [1.807, 2.05) is 0 Å².